The molecule has 3 nitrogen and oxygen atoms in total. The Morgan fingerprint density at radius 1 is 1.11 bits per heavy atom. The van der Waals surface area contributed by atoms with Gasteiger partial charge in [0.15, 0.2) is 0 Å². The predicted molar refractivity (Wildman–Crippen MR) is 76.4 cm³/mol. The van der Waals surface area contributed by atoms with E-state index in [9.17, 15) is 4.79 Å². The van der Waals surface area contributed by atoms with E-state index in [0.29, 0.717) is 5.56 Å². The molecule has 3 rings (SSSR count). The minimum atomic E-state index is -0.325. The third-order valence-corrected chi connectivity index (χ3v) is 3.99. The summed E-state index contributed by atoms with van der Waals surface area (Å²) < 4.78 is 5.67. The van der Waals surface area contributed by atoms with Gasteiger partial charge in [0, 0.05) is 5.56 Å². The number of methoxy groups -OCH3 is 1. The first-order chi connectivity index (χ1) is 9.29. The Balaban J connectivity index is 2.19. The summed E-state index contributed by atoms with van der Waals surface area (Å²) >= 11 is 1.51. The monoisotopic (exact) mass is 269 g/mol. The van der Waals surface area contributed by atoms with E-state index in [1.54, 1.807) is 6.07 Å². The lowest BCUT2D eigenvalue weighted by atomic mass is 10.2. The van der Waals surface area contributed by atoms with Crippen molar-refractivity contribution in [3.05, 3.63) is 54.1 Å². The van der Waals surface area contributed by atoms with Crippen LogP contribution in [0.3, 0.4) is 0 Å². The number of benzene rings is 2. The first-order valence-corrected chi connectivity index (χ1v) is 6.64. The van der Waals surface area contributed by atoms with Gasteiger partial charge in [0.1, 0.15) is 5.01 Å². The summed E-state index contributed by atoms with van der Waals surface area (Å²) in [5, 5.41) is 0.909. The van der Waals surface area contributed by atoms with Crippen LogP contribution in [0.4, 0.5) is 0 Å². The molecule has 0 aliphatic rings. The van der Waals surface area contributed by atoms with Gasteiger partial charge in [-0.1, -0.05) is 36.4 Å². The highest BCUT2D eigenvalue weighted by molar-refractivity contribution is 7.22. The molecule has 0 spiro atoms. The van der Waals surface area contributed by atoms with Crippen LogP contribution in [0.25, 0.3) is 20.8 Å². The lowest BCUT2D eigenvalue weighted by Gasteiger charge is -1.98. The van der Waals surface area contributed by atoms with E-state index in [-0.39, 0.29) is 5.97 Å². The number of aromatic nitrogens is 1. The highest BCUT2D eigenvalue weighted by atomic mass is 32.1. The van der Waals surface area contributed by atoms with Crippen molar-refractivity contribution in [2.75, 3.05) is 7.11 Å². The number of hydrogen-bond donors (Lipinski definition) is 0. The number of carbonyl (C=O) groups excluding carboxylic acids is 1. The Morgan fingerprint density at radius 3 is 2.63 bits per heavy atom. The molecule has 0 saturated carbocycles. The lowest BCUT2D eigenvalue weighted by Crippen LogP contribution is -2.00. The highest BCUT2D eigenvalue weighted by Crippen LogP contribution is 2.32. The molecule has 4 heteroatoms. The quantitative estimate of drug-likeness (QED) is 0.665. The number of ether oxygens (including phenoxy) is 1. The van der Waals surface area contributed by atoms with E-state index in [0.717, 1.165) is 20.8 Å². The molecule has 1 aromatic heterocycles. The first kappa shape index (κ1) is 11.9. The van der Waals surface area contributed by atoms with E-state index in [1.165, 1.54) is 18.4 Å². The predicted octanol–water partition coefficient (Wildman–Crippen LogP) is 3.75. The van der Waals surface area contributed by atoms with Crippen LogP contribution in [0.2, 0.25) is 0 Å². The minimum Gasteiger partial charge on any atom is -0.465 e. The molecule has 1 heterocycles. The zero-order valence-electron chi connectivity index (χ0n) is 10.3. The van der Waals surface area contributed by atoms with Crippen molar-refractivity contribution in [3.63, 3.8) is 0 Å². The molecule has 0 amide bonds. The molecule has 2 aromatic carbocycles. The Labute approximate surface area is 114 Å². The molecule has 0 atom stereocenters. The van der Waals surface area contributed by atoms with Gasteiger partial charge >= 0.3 is 5.97 Å². The fourth-order valence-electron chi connectivity index (χ4n) is 1.92. The smallest absolute Gasteiger partial charge is 0.339 e. The van der Waals surface area contributed by atoms with Gasteiger partial charge in [-0.05, 0) is 12.1 Å². The van der Waals surface area contributed by atoms with Crippen molar-refractivity contribution in [2.24, 2.45) is 0 Å². The zero-order chi connectivity index (χ0) is 13.2. The highest BCUT2D eigenvalue weighted by Gasteiger charge is 2.14. The maximum absolute atomic E-state index is 11.7. The Morgan fingerprint density at radius 2 is 1.89 bits per heavy atom. The summed E-state index contributed by atoms with van der Waals surface area (Å²) in [4.78, 5) is 16.3. The second-order valence-corrected chi connectivity index (χ2v) is 5.03. The van der Waals surface area contributed by atoms with Crippen molar-refractivity contribution in [1.29, 1.82) is 0 Å². The molecule has 0 unspecified atom stereocenters. The zero-order valence-corrected chi connectivity index (χ0v) is 11.1. The van der Waals surface area contributed by atoms with Gasteiger partial charge in [-0.2, -0.15) is 0 Å². The molecule has 19 heavy (non-hydrogen) atoms. The van der Waals surface area contributed by atoms with Crippen molar-refractivity contribution >= 4 is 27.5 Å². The van der Waals surface area contributed by atoms with Gasteiger partial charge in [-0.15, -0.1) is 11.3 Å². The summed E-state index contributed by atoms with van der Waals surface area (Å²) in [7, 11) is 1.39. The van der Waals surface area contributed by atoms with Crippen LogP contribution >= 0.6 is 11.3 Å². The van der Waals surface area contributed by atoms with Crippen LogP contribution < -0.4 is 0 Å². The number of rotatable bonds is 2. The van der Waals surface area contributed by atoms with Crippen LogP contribution in [-0.4, -0.2) is 18.1 Å². The molecule has 0 fully saturated rings. The van der Waals surface area contributed by atoms with Crippen LogP contribution in [-0.2, 0) is 4.74 Å². The SMILES string of the molecule is COC(=O)c1cccc2nc(-c3ccccc3)sc12. The van der Waals surface area contributed by atoms with Gasteiger partial charge in [-0.25, -0.2) is 9.78 Å². The minimum absolute atomic E-state index is 0.325. The molecular formula is C15H11NO2S. The van der Waals surface area contributed by atoms with E-state index >= 15 is 0 Å². The summed E-state index contributed by atoms with van der Waals surface area (Å²) in [5.74, 6) is -0.325. The average Bonchev–Trinajstić information content (AvgIpc) is 2.91. The second-order valence-electron chi connectivity index (χ2n) is 4.03. The summed E-state index contributed by atoms with van der Waals surface area (Å²) in [6, 6.07) is 15.4. The topological polar surface area (TPSA) is 39.2 Å². The number of hydrogen-bond acceptors (Lipinski definition) is 4. The van der Waals surface area contributed by atoms with Crippen molar-refractivity contribution in [1.82, 2.24) is 4.98 Å². The maximum atomic E-state index is 11.7. The number of thiazole rings is 1. The third-order valence-electron chi connectivity index (χ3n) is 2.84. The van der Waals surface area contributed by atoms with E-state index < -0.39 is 0 Å². The van der Waals surface area contributed by atoms with Crippen LogP contribution in [0.1, 0.15) is 10.4 Å². The second kappa shape index (κ2) is 4.82. The van der Waals surface area contributed by atoms with Crippen molar-refractivity contribution in [3.8, 4) is 10.6 Å². The van der Waals surface area contributed by atoms with Crippen molar-refractivity contribution < 1.29 is 9.53 Å². The van der Waals surface area contributed by atoms with E-state index in [2.05, 4.69) is 4.98 Å². The van der Waals surface area contributed by atoms with Gasteiger partial charge in [-0.3, -0.25) is 0 Å². The number of fused-ring (bicyclic) bond motifs is 1. The number of nitrogens with zero attached hydrogens (tertiary/aromatic N) is 1. The Bertz CT molecular complexity index is 734. The molecule has 0 radical (unpaired) electrons. The standard InChI is InChI=1S/C15H11NO2S/c1-18-15(17)11-8-5-9-12-13(11)19-14(16-12)10-6-3-2-4-7-10/h2-9H,1H3. The molecule has 0 aliphatic heterocycles. The van der Waals surface area contributed by atoms with Crippen LogP contribution in [0.15, 0.2) is 48.5 Å². The molecule has 3 aromatic rings. The maximum Gasteiger partial charge on any atom is 0.339 e. The number of esters is 1. The van der Waals surface area contributed by atoms with E-state index in [1.807, 2.05) is 42.5 Å². The summed E-state index contributed by atoms with van der Waals surface area (Å²) in [6.45, 7) is 0. The molecule has 0 bridgehead atoms. The Kier molecular flexibility index (Phi) is 3.01. The van der Waals surface area contributed by atoms with E-state index in [4.69, 9.17) is 4.74 Å². The Hall–Kier alpha value is -2.20. The van der Waals surface area contributed by atoms with Crippen LogP contribution in [0, 0.1) is 0 Å². The van der Waals surface area contributed by atoms with Gasteiger partial charge < -0.3 is 4.74 Å². The fraction of sp³-hybridized carbons (Fsp3) is 0.0667. The first-order valence-electron chi connectivity index (χ1n) is 5.83. The molecule has 0 saturated heterocycles. The fourth-order valence-corrected chi connectivity index (χ4v) is 2.99. The summed E-state index contributed by atoms with van der Waals surface area (Å²) in [6.07, 6.45) is 0. The van der Waals surface area contributed by atoms with Crippen molar-refractivity contribution in [2.45, 2.75) is 0 Å². The van der Waals surface area contributed by atoms with Crippen LogP contribution in [0.5, 0.6) is 0 Å². The lowest BCUT2D eigenvalue weighted by molar-refractivity contribution is 0.0603. The third kappa shape index (κ3) is 2.11. The molecular weight excluding hydrogens is 258 g/mol. The largest absolute Gasteiger partial charge is 0.465 e. The van der Waals surface area contributed by atoms with Gasteiger partial charge in [0.25, 0.3) is 0 Å². The van der Waals surface area contributed by atoms with Gasteiger partial charge in [0.05, 0.1) is 22.9 Å². The number of carbonyl (C=O) groups is 1. The molecule has 0 N–H and O–H groups in total. The molecule has 0 aliphatic carbocycles. The average molecular weight is 269 g/mol. The van der Waals surface area contributed by atoms with Gasteiger partial charge in [0.2, 0.25) is 0 Å². The molecule has 94 valence electrons. The normalized spacial score (nSPS) is 10.6. The summed E-state index contributed by atoms with van der Waals surface area (Å²) in [5.41, 5.74) is 2.45.